The van der Waals surface area contributed by atoms with E-state index in [0.717, 1.165) is 18.7 Å². The van der Waals surface area contributed by atoms with Crippen molar-refractivity contribution in [3.8, 4) is 11.3 Å². The van der Waals surface area contributed by atoms with E-state index in [0.29, 0.717) is 18.0 Å². The monoisotopic (exact) mass is 271 g/mol. The van der Waals surface area contributed by atoms with Crippen LogP contribution in [-0.2, 0) is 0 Å². The Balaban J connectivity index is 1.81. The molecule has 20 heavy (non-hydrogen) atoms. The summed E-state index contributed by atoms with van der Waals surface area (Å²) in [7, 11) is 0. The number of hydrogen-bond acceptors (Lipinski definition) is 4. The highest BCUT2D eigenvalue weighted by atomic mass is 16.5. The van der Waals surface area contributed by atoms with E-state index in [1.165, 1.54) is 0 Å². The summed E-state index contributed by atoms with van der Waals surface area (Å²) >= 11 is 0. The lowest BCUT2D eigenvalue weighted by atomic mass is 10.1. The van der Waals surface area contributed by atoms with Crippen molar-refractivity contribution < 1.29 is 9.32 Å². The summed E-state index contributed by atoms with van der Waals surface area (Å²) in [4.78, 5) is 14.2. The van der Waals surface area contributed by atoms with Gasteiger partial charge in [0.2, 0.25) is 5.76 Å². The van der Waals surface area contributed by atoms with Crippen LogP contribution in [0.3, 0.4) is 0 Å². The lowest BCUT2D eigenvalue weighted by molar-refractivity contribution is 0.0613. The summed E-state index contributed by atoms with van der Waals surface area (Å²) < 4.78 is 5.22. The van der Waals surface area contributed by atoms with Crippen molar-refractivity contribution in [2.45, 2.75) is 13.0 Å². The number of hydrogen-bond donors (Lipinski definition) is 1. The first kappa shape index (κ1) is 12.9. The fraction of sp³-hybridized carbons (Fsp3) is 0.333. The largest absolute Gasteiger partial charge is 0.350 e. The Morgan fingerprint density at radius 3 is 2.95 bits per heavy atom. The van der Waals surface area contributed by atoms with Gasteiger partial charge in [-0.15, -0.1) is 0 Å². The highest BCUT2D eigenvalue weighted by molar-refractivity contribution is 5.92. The van der Waals surface area contributed by atoms with E-state index in [9.17, 15) is 4.79 Å². The molecule has 0 saturated carbocycles. The van der Waals surface area contributed by atoms with Gasteiger partial charge in [0.05, 0.1) is 0 Å². The van der Waals surface area contributed by atoms with Crippen molar-refractivity contribution in [2.75, 3.05) is 19.6 Å². The second-order valence-electron chi connectivity index (χ2n) is 4.99. The number of carbonyl (C=O) groups excluding carboxylic acids is 1. The topological polar surface area (TPSA) is 58.4 Å². The summed E-state index contributed by atoms with van der Waals surface area (Å²) in [6.45, 7) is 4.35. The van der Waals surface area contributed by atoms with Crippen LogP contribution in [0.4, 0.5) is 0 Å². The molecule has 2 heterocycles. The molecule has 1 saturated heterocycles. The molecule has 1 aromatic carbocycles. The molecule has 0 radical (unpaired) electrons. The molecule has 1 aliphatic rings. The second kappa shape index (κ2) is 5.46. The zero-order chi connectivity index (χ0) is 13.9. The SMILES string of the molecule is CC1CNCCN1C(=O)c1cc(-c2ccccc2)no1. The molecule has 1 aliphatic heterocycles. The molecule has 2 aromatic rings. The van der Waals surface area contributed by atoms with Gasteiger partial charge in [-0.1, -0.05) is 35.5 Å². The molecule has 1 unspecified atom stereocenters. The Morgan fingerprint density at radius 2 is 2.20 bits per heavy atom. The smallest absolute Gasteiger partial charge is 0.292 e. The van der Waals surface area contributed by atoms with E-state index in [1.54, 1.807) is 6.07 Å². The molecule has 104 valence electrons. The molecule has 3 rings (SSSR count). The first-order valence-electron chi connectivity index (χ1n) is 6.79. The van der Waals surface area contributed by atoms with Crippen LogP contribution in [-0.4, -0.2) is 41.6 Å². The van der Waals surface area contributed by atoms with Gasteiger partial charge in [-0.05, 0) is 6.92 Å². The molecule has 1 amide bonds. The first-order chi connectivity index (χ1) is 9.75. The molecule has 0 bridgehead atoms. The molecule has 5 nitrogen and oxygen atoms in total. The molecule has 0 aliphatic carbocycles. The standard InChI is InChI=1S/C15H17N3O2/c1-11-10-16-7-8-18(11)15(19)14-9-13(17-20-14)12-5-3-2-4-6-12/h2-6,9,11,16H,7-8,10H2,1H3. The van der Waals surface area contributed by atoms with Crippen molar-refractivity contribution in [3.63, 3.8) is 0 Å². The number of benzene rings is 1. The van der Waals surface area contributed by atoms with Crippen molar-refractivity contribution in [1.82, 2.24) is 15.4 Å². The van der Waals surface area contributed by atoms with Gasteiger partial charge in [-0.3, -0.25) is 4.79 Å². The summed E-state index contributed by atoms with van der Waals surface area (Å²) in [6, 6.07) is 11.6. The molecular formula is C15H17N3O2. The molecule has 1 N–H and O–H groups in total. The predicted molar refractivity (Wildman–Crippen MR) is 75.3 cm³/mol. The number of carbonyl (C=O) groups is 1. The van der Waals surface area contributed by atoms with E-state index >= 15 is 0 Å². The summed E-state index contributed by atoms with van der Waals surface area (Å²) in [5.74, 6) is 0.214. The van der Waals surface area contributed by atoms with Gasteiger partial charge in [0.1, 0.15) is 5.69 Å². The van der Waals surface area contributed by atoms with Crippen molar-refractivity contribution in [2.24, 2.45) is 0 Å². The van der Waals surface area contributed by atoms with E-state index in [1.807, 2.05) is 42.2 Å². The maximum Gasteiger partial charge on any atom is 0.292 e. The number of nitrogens with zero attached hydrogens (tertiary/aromatic N) is 2. The number of rotatable bonds is 2. The van der Waals surface area contributed by atoms with Gasteiger partial charge in [-0.25, -0.2) is 0 Å². The quantitative estimate of drug-likeness (QED) is 0.904. The van der Waals surface area contributed by atoms with Crippen molar-refractivity contribution >= 4 is 5.91 Å². The number of piperazine rings is 1. The van der Waals surface area contributed by atoms with E-state index < -0.39 is 0 Å². The molecule has 1 fully saturated rings. The van der Waals surface area contributed by atoms with Gasteiger partial charge in [0.25, 0.3) is 5.91 Å². The zero-order valence-corrected chi connectivity index (χ0v) is 11.4. The third kappa shape index (κ3) is 2.44. The van der Waals surface area contributed by atoms with Crippen LogP contribution in [0.5, 0.6) is 0 Å². The molecule has 0 spiro atoms. The molecule has 5 heteroatoms. The summed E-state index contributed by atoms with van der Waals surface area (Å²) in [6.07, 6.45) is 0. The fourth-order valence-corrected chi connectivity index (χ4v) is 2.41. The van der Waals surface area contributed by atoms with E-state index in [-0.39, 0.29) is 11.9 Å². The van der Waals surface area contributed by atoms with Crippen LogP contribution >= 0.6 is 0 Å². The van der Waals surface area contributed by atoms with Crippen molar-refractivity contribution in [3.05, 3.63) is 42.2 Å². The molecule has 1 aromatic heterocycles. The van der Waals surface area contributed by atoms with E-state index in [2.05, 4.69) is 10.5 Å². The lowest BCUT2D eigenvalue weighted by Crippen LogP contribution is -2.52. The van der Waals surface area contributed by atoms with Gasteiger partial charge in [-0.2, -0.15) is 0 Å². The normalized spacial score (nSPS) is 19.1. The second-order valence-corrected chi connectivity index (χ2v) is 4.99. The Kier molecular flexibility index (Phi) is 3.52. The summed E-state index contributed by atoms with van der Waals surface area (Å²) in [5, 5.41) is 7.25. The average Bonchev–Trinajstić information content (AvgIpc) is 2.98. The minimum absolute atomic E-state index is 0.0892. The Hall–Kier alpha value is -2.14. The Morgan fingerprint density at radius 1 is 1.40 bits per heavy atom. The van der Waals surface area contributed by atoms with Crippen LogP contribution in [0, 0.1) is 0 Å². The van der Waals surface area contributed by atoms with Crippen LogP contribution < -0.4 is 5.32 Å². The van der Waals surface area contributed by atoms with Crippen LogP contribution in [0.1, 0.15) is 17.5 Å². The maximum absolute atomic E-state index is 12.4. The number of aromatic nitrogens is 1. The van der Waals surface area contributed by atoms with Gasteiger partial charge in [0, 0.05) is 37.3 Å². The fourth-order valence-electron chi connectivity index (χ4n) is 2.41. The molecule has 1 atom stereocenters. The van der Waals surface area contributed by atoms with E-state index in [4.69, 9.17) is 4.52 Å². The highest BCUT2D eigenvalue weighted by Crippen LogP contribution is 2.20. The van der Waals surface area contributed by atoms with Crippen LogP contribution in [0.25, 0.3) is 11.3 Å². The van der Waals surface area contributed by atoms with Gasteiger partial charge < -0.3 is 14.7 Å². The minimum atomic E-state index is -0.0892. The minimum Gasteiger partial charge on any atom is -0.350 e. The average molecular weight is 271 g/mol. The molecular weight excluding hydrogens is 254 g/mol. The highest BCUT2D eigenvalue weighted by Gasteiger charge is 2.26. The maximum atomic E-state index is 12.4. The van der Waals surface area contributed by atoms with Gasteiger partial charge >= 0.3 is 0 Å². The van der Waals surface area contributed by atoms with Gasteiger partial charge in [0.15, 0.2) is 0 Å². The summed E-state index contributed by atoms with van der Waals surface area (Å²) in [5.41, 5.74) is 1.64. The number of nitrogens with one attached hydrogen (secondary N) is 1. The third-order valence-corrected chi connectivity index (χ3v) is 3.55. The number of amides is 1. The predicted octanol–water partition coefficient (Wildman–Crippen LogP) is 1.78. The lowest BCUT2D eigenvalue weighted by Gasteiger charge is -2.33. The van der Waals surface area contributed by atoms with Crippen molar-refractivity contribution in [1.29, 1.82) is 0 Å². The third-order valence-electron chi connectivity index (χ3n) is 3.55. The first-order valence-corrected chi connectivity index (χ1v) is 6.79. The Labute approximate surface area is 117 Å². The van der Waals surface area contributed by atoms with Crippen LogP contribution in [0.2, 0.25) is 0 Å². The Bertz CT molecular complexity index is 594. The zero-order valence-electron chi connectivity index (χ0n) is 11.4. The van der Waals surface area contributed by atoms with Crippen LogP contribution in [0.15, 0.2) is 40.9 Å².